The van der Waals surface area contributed by atoms with E-state index >= 15 is 0 Å². The van der Waals surface area contributed by atoms with Crippen LogP contribution in [-0.2, 0) is 0 Å². The van der Waals surface area contributed by atoms with Crippen molar-refractivity contribution in [1.82, 2.24) is 5.43 Å². The highest BCUT2D eigenvalue weighted by Gasteiger charge is 2.10. The maximum Gasteiger partial charge on any atom is 0.135 e. The maximum absolute atomic E-state index is 13.1. The minimum absolute atomic E-state index is 0.0862. The first-order chi connectivity index (χ1) is 6.16. The van der Waals surface area contributed by atoms with Crippen molar-refractivity contribution in [3.05, 3.63) is 35.4 Å². The molecule has 1 N–H and O–H groups in total. The van der Waals surface area contributed by atoms with E-state index in [4.69, 9.17) is 0 Å². The Morgan fingerprint density at radius 2 is 1.85 bits per heavy atom. The second kappa shape index (κ2) is 3.98. The Labute approximate surface area is 75.3 Å². The standard InChI is InChI=1S/C9H10F2N2/c1-6(13-12-2)9-7(10)4-3-5-8(9)11/h3-5,12H,1-2H3/b13-6-. The molecule has 0 radical (unpaired) electrons. The van der Waals surface area contributed by atoms with Crippen LogP contribution in [0.2, 0.25) is 0 Å². The average Bonchev–Trinajstić information content (AvgIpc) is 2.04. The number of nitrogens with one attached hydrogen (secondary N) is 1. The van der Waals surface area contributed by atoms with E-state index in [0.29, 0.717) is 0 Å². The molecule has 0 aliphatic heterocycles. The van der Waals surface area contributed by atoms with Gasteiger partial charge in [-0.3, -0.25) is 0 Å². The van der Waals surface area contributed by atoms with Crippen molar-refractivity contribution in [2.24, 2.45) is 5.10 Å². The van der Waals surface area contributed by atoms with Gasteiger partial charge in [-0.15, -0.1) is 0 Å². The molecule has 0 heterocycles. The number of benzene rings is 1. The van der Waals surface area contributed by atoms with Gasteiger partial charge in [0, 0.05) is 7.05 Å². The first kappa shape index (κ1) is 9.64. The van der Waals surface area contributed by atoms with Crippen LogP contribution in [0.4, 0.5) is 8.78 Å². The summed E-state index contributed by atoms with van der Waals surface area (Å²) >= 11 is 0. The van der Waals surface area contributed by atoms with E-state index in [0.717, 1.165) is 0 Å². The van der Waals surface area contributed by atoms with Gasteiger partial charge in [-0.1, -0.05) is 6.07 Å². The lowest BCUT2D eigenvalue weighted by atomic mass is 10.1. The van der Waals surface area contributed by atoms with Crippen LogP contribution >= 0.6 is 0 Å². The fraction of sp³-hybridized carbons (Fsp3) is 0.222. The largest absolute Gasteiger partial charge is 0.313 e. The van der Waals surface area contributed by atoms with Gasteiger partial charge in [0.25, 0.3) is 0 Å². The molecule has 0 spiro atoms. The SMILES string of the molecule is CN/N=C(/C)c1c(F)cccc1F. The number of nitrogens with zero attached hydrogens (tertiary/aromatic N) is 1. The number of halogens is 2. The van der Waals surface area contributed by atoms with Gasteiger partial charge in [-0.05, 0) is 19.1 Å². The molecule has 13 heavy (non-hydrogen) atoms. The topological polar surface area (TPSA) is 24.4 Å². The third kappa shape index (κ3) is 2.02. The van der Waals surface area contributed by atoms with Gasteiger partial charge in [0.05, 0.1) is 11.3 Å². The van der Waals surface area contributed by atoms with Crippen LogP contribution in [0.15, 0.2) is 23.3 Å². The molecule has 0 aromatic heterocycles. The molecule has 0 aliphatic carbocycles. The average molecular weight is 184 g/mol. The molecule has 1 rings (SSSR count). The van der Waals surface area contributed by atoms with Gasteiger partial charge in [0.1, 0.15) is 11.6 Å². The maximum atomic E-state index is 13.1. The van der Waals surface area contributed by atoms with E-state index in [1.807, 2.05) is 0 Å². The second-order valence-electron chi connectivity index (χ2n) is 2.52. The summed E-state index contributed by atoms with van der Waals surface area (Å²) in [4.78, 5) is 0. The first-order valence-corrected chi connectivity index (χ1v) is 3.82. The lowest BCUT2D eigenvalue weighted by Crippen LogP contribution is -2.07. The zero-order valence-electron chi connectivity index (χ0n) is 7.44. The van der Waals surface area contributed by atoms with Gasteiger partial charge in [-0.25, -0.2) is 8.78 Å². The molecule has 1 aromatic carbocycles. The van der Waals surface area contributed by atoms with Gasteiger partial charge >= 0.3 is 0 Å². The van der Waals surface area contributed by atoms with E-state index in [2.05, 4.69) is 10.5 Å². The molecule has 0 atom stereocenters. The molecule has 0 bridgehead atoms. The highest BCUT2D eigenvalue weighted by atomic mass is 19.1. The lowest BCUT2D eigenvalue weighted by Gasteiger charge is -2.03. The summed E-state index contributed by atoms with van der Waals surface area (Å²) in [5, 5.41) is 3.70. The fourth-order valence-corrected chi connectivity index (χ4v) is 1.07. The molecular weight excluding hydrogens is 174 g/mol. The molecule has 0 saturated heterocycles. The molecule has 70 valence electrons. The molecule has 0 amide bonds. The first-order valence-electron chi connectivity index (χ1n) is 3.82. The Bertz CT molecular complexity index is 314. The van der Waals surface area contributed by atoms with Crippen molar-refractivity contribution in [1.29, 1.82) is 0 Å². The highest BCUT2D eigenvalue weighted by molar-refractivity contribution is 5.98. The zero-order valence-corrected chi connectivity index (χ0v) is 7.44. The van der Waals surface area contributed by atoms with Crippen LogP contribution in [-0.4, -0.2) is 12.8 Å². The van der Waals surface area contributed by atoms with E-state index in [9.17, 15) is 8.78 Å². The Balaban J connectivity index is 3.20. The molecule has 2 nitrogen and oxygen atoms in total. The Morgan fingerprint density at radius 1 is 1.31 bits per heavy atom. The predicted molar refractivity (Wildman–Crippen MR) is 47.6 cm³/mol. The smallest absolute Gasteiger partial charge is 0.135 e. The van der Waals surface area contributed by atoms with Gasteiger partial charge < -0.3 is 5.43 Å². The molecule has 1 aromatic rings. The van der Waals surface area contributed by atoms with Crippen LogP contribution in [0, 0.1) is 11.6 Å². The van der Waals surface area contributed by atoms with Crippen LogP contribution < -0.4 is 5.43 Å². The van der Waals surface area contributed by atoms with Crippen molar-refractivity contribution in [2.75, 3.05) is 7.05 Å². The van der Waals surface area contributed by atoms with Crippen molar-refractivity contribution in [3.8, 4) is 0 Å². The third-order valence-corrected chi connectivity index (χ3v) is 1.60. The van der Waals surface area contributed by atoms with Crippen LogP contribution in [0.3, 0.4) is 0 Å². The van der Waals surface area contributed by atoms with E-state index in [-0.39, 0.29) is 11.3 Å². The quantitative estimate of drug-likeness (QED) is 0.551. The number of hydrogen-bond acceptors (Lipinski definition) is 2. The Morgan fingerprint density at radius 3 is 2.31 bits per heavy atom. The molecule has 0 saturated carbocycles. The van der Waals surface area contributed by atoms with E-state index < -0.39 is 11.6 Å². The van der Waals surface area contributed by atoms with E-state index in [1.165, 1.54) is 25.1 Å². The number of hydrazone groups is 1. The van der Waals surface area contributed by atoms with Crippen molar-refractivity contribution < 1.29 is 8.78 Å². The monoisotopic (exact) mass is 184 g/mol. The molecule has 0 fully saturated rings. The Kier molecular flexibility index (Phi) is 2.95. The lowest BCUT2D eigenvalue weighted by molar-refractivity contribution is 0.578. The summed E-state index contributed by atoms with van der Waals surface area (Å²) in [7, 11) is 1.57. The van der Waals surface area contributed by atoms with Crippen molar-refractivity contribution >= 4 is 5.71 Å². The minimum Gasteiger partial charge on any atom is -0.313 e. The molecule has 4 heteroatoms. The number of hydrogen-bond donors (Lipinski definition) is 1. The van der Waals surface area contributed by atoms with Crippen molar-refractivity contribution in [2.45, 2.75) is 6.92 Å². The summed E-state index contributed by atoms with van der Waals surface area (Å²) in [6.07, 6.45) is 0. The van der Waals surface area contributed by atoms with Crippen LogP contribution in [0.1, 0.15) is 12.5 Å². The Hall–Kier alpha value is -1.45. The summed E-state index contributed by atoms with van der Waals surface area (Å²) in [5.74, 6) is -1.20. The normalized spacial score (nSPS) is 11.5. The summed E-state index contributed by atoms with van der Waals surface area (Å²) < 4.78 is 26.2. The van der Waals surface area contributed by atoms with E-state index in [1.54, 1.807) is 7.05 Å². The fourth-order valence-electron chi connectivity index (χ4n) is 1.07. The van der Waals surface area contributed by atoms with Crippen LogP contribution in [0.5, 0.6) is 0 Å². The molecule has 0 unspecified atom stereocenters. The van der Waals surface area contributed by atoms with Gasteiger partial charge in [0.15, 0.2) is 0 Å². The summed E-state index contributed by atoms with van der Waals surface area (Å²) in [5.41, 5.74) is 2.68. The molecular formula is C9H10F2N2. The molecule has 0 aliphatic rings. The zero-order chi connectivity index (χ0) is 9.84. The number of rotatable bonds is 2. The highest BCUT2D eigenvalue weighted by Crippen LogP contribution is 2.12. The summed E-state index contributed by atoms with van der Waals surface area (Å²) in [6, 6.07) is 3.72. The predicted octanol–water partition coefficient (Wildman–Crippen LogP) is 1.91. The second-order valence-corrected chi connectivity index (χ2v) is 2.52. The minimum atomic E-state index is -0.600. The summed E-state index contributed by atoms with van der Waals surface area (Å²) in [6.45, 7) is 1.54. The third-order valence-electron chi connectivity index (χ3n) is 1.60. The van der Waals surface area contributed by atoms with Gasteiger partial charge in [-0.2, -0.15) is 5.10 Å². The van der Waals surface area contributed by atoms with Gasteiger partial charge in [0.2, 0.25) is 0 Å². The van der Waals surface area contributed by atoms with Crippen molar-refractivity contribution in [3.63, 3.8) is 0 Å². The van der Waals surface area contributed by atoms with Crippen LogP contribution in [0.25, 0.3) is 0 Å².